The smallest absolute Gasteiger partial charge is 0.162 e. The molecule has 5 heteroatoms. The third kappa shape index (κ3) is 2.35. The Morgan fingerprint density at radius 3 is 2.58 bits per heavy atom. The fourth-order valence-electron chi connectivity index (χ4n) is 2.60. The zero-order valence-corrected chi connectivity index (χ0v) is 13.7. The number of rotatable bonds is 5. The van der Waals surface area contributed by atoms with E-state index in [1.165, 1.54) is 28.5 Å². The third-order valence-corrected chi connectivity index (χ3v) is 5.21. The highest BCUT2D eigenvalue weighted by Gasteiger charge is 2.43. The van der Waals surface area contributed by atoms with Crippen molar-refractivity contribution < 1.29 is 4.74 Å². The monoisotopic (exact) mass is 373 g/mol. The van der Waals surface area contributed by atoms with Gasteiger partial charge in [0.1, 0.15) is 11.4 Å². The van der Waals surface area contributed by atoms with Crippen LogP contribution in [0.25, 0.3) is 0 Å². The molecule has 1 aromatic heterocycles. The molecule has 1 heterocycles. The molecule has 0 spiro atoms. The molecule has 0 unspecified atom stereocenters. The number of nitrogens with one attached hydrogen (secondary N) is 1. The molecule has 2 aliphatic rings. The molecule has 0 saturated heterocycles. The highest BCUT2D eigenvalue weighted by Crippen LogP contribution is 2.46. The van der Waals surface area contributed by atoms with Crippen molar-refractivity contribution in [2.24, 2.45) is 0 Å². The fourth-order valence-corrected chi connectivity index (χ4v) is 3.47. The Kier molecular flexibility index (Phi) is 3.68. The Morgan fingerprint density at radius 1 is 1.37 bits per heavy atom. The first-order valence-corrected chi connectivity index (χ1v) is 8.15. The fraction of sp³-hybridized carbons (Fsp3) is 0.714. The van der Waals surface area contributed by atoms with Gasteiger partial charge in [0.2, 0.25) is 0 Å². The molecule has 1 aromatic rings. The van der Waals surface area contributed by atoms with Crippen molar-refractivity contribution in [1.29, 1.82) is 0 Å². The van der Waals surface area contributed by atoms with Gasteiger partial charge in [0, 0.05) is 19.6 Å². The van der Waals surface area contributed by atoms with E-state index in [1.807, 2.05) is 0 Å². The van der Waals surface area contributed by atoms with Crippen LogP contribution in [0.1, 0.15) is 56.5 Å². The maximum Gasteiger partial charge on any atom is 0.162 e. The van der Waals surface area contributed by atoms with E-state index in [2.05, 4.69) is 34.8 Å². The van der Waals surface area contributed by atoms with Crippen molar-refractivity contribution >= 4 is 28.4 Å². The number of methoxy groups -OCH3 is 1. The lowest BCUT2D eigenvalue weighted by Gasteiger charge is -2.39. The summed E-state index contributed by atoms with van der Waals surface area (Å²) in [5.41, 5.74) is 1.00. The van der Waals surface area contributed by atoms with Gasteiger partial charge < -0.3 is 10.1 Å². The predicted molar refractivity (Wildman–Crippen MR) is 83.4 cm³/mol. The zero-order chi connectivity index (χ0) is 13.5. The topological polar surface area (TPSA) is 47.0 Å². The van der Waals surface area contributed by atoms with Gasteiger partial charge in [0.15, 0.2) is 5.82 Å². The summed E-state index contributed by atoms with van der Waals surface area (Å²) in [6.07, 6.45) is 5.81. The van der Waals surface area contributed by atoms with Gasteiger partial charge in [-0.2, -0.15) is 0 Å². The Labute approximate surface area is 127 Å². The maximum atomic E-state index is 5.73. The van der Waals surface area contributed by atoms with E-state index in [4.69, 9.17) is 14.7 Å². The second-order valence-corrected chi connectivity index (χ2v) is 6.53. The zero-order valence-electron chi connectivity index (χ0n) is 11.5. The van der Waals surface area contributed by atoms with E-state index in [0.29, 0.717) is 5.92 Å². The predicted octanol–water partition coefficient (Wildman–Crippen LogP) is 3.42. The largest absolute Gasteiger partial charge is 0.370 e. The number of ether oxygens (including phenoxy) is 1. The minimum absolute atomic E-state index is 0.224. The molecule has 0 aromatic carbocycles. The summed E-state index contributed by atoms with van der Waals surface area (Å²) in [6.45, 7) is 2.99. The van der Waals surface area contributed by atoms with Gasteiger partial charge in [-0.25, -0.2) is 9.97 Å². The average Bonchev–Trinajstić information content (AvgIpc) is 3.16. The van der Waals surface area contributed by atoms with Crippen molar-refractivity contribution in [1.82, 2.24) is 9.97 Å². The molecule has 1 N–H and O–H groups in total. The highest BCUT2D eigenvalue weighted by molar-refractivity contribution is 14.1. The van der Waals surface area contributed by atoms with Crippen LogP contribution in [-0.2, 0) is 10.3 Å². The van der Waals surface area contributed by atoms with Gasteiger partial charge in [-0.15, -0.1) is 0 Å². The molecular weight excluding hydrogens is 353 g/mol. The van der Waals surface area contributed by atoms with Crippen molar-refractivity contribution in [2.75, 3.05) is 19.0 Å². The van der Waals surface area contributed by atoms with E-state index in [1.54, 1.807) is 7.11 Å². The SMILES string of the molecule is CCNc1nc(C2(OC)CCC2)nc(C2CC2)c1I. The lowest BCUT2D eigenvalue weighted by molar-refractivity contribution is -0.0847. The summed E-state index contributed by atoms with van der Waals surface area (Å²) in [5.74, 6) is 2.51. The normalized spacial score (nSPS) is 21.0. The van der Waals surface area contributed by atoms with Crippen LogP contribution in [0.15, 0.2) is 0 Å². The summed E-state index contributed by atoms with van der Waals surface area (Å²) in [5, 5.41) is 3.37. The molecule has 104 valence electrons. The van der Waals surface area contributed by atoms with E-state index < -0.39 is 0 Å². The standard InChI is InChI=1S/C14H20IN3O/c1-3-16-12-10(15)11(9-5-6-9)17-13(18-12)14(19-2)7-4-8-14/h9H,3-8H2,1-2H3,(H,16,17,18). The maximum absolute atomic E-state index is 5.73. The molecule has 2 saturated carbocycles. The lowest BCUT2D eigenvalue weighted by atomic mass is 9.79. The van der Waals surface area contributed by atoms with Crippen LogP contribution in [0, 0.1) is 3.57 Å². The average molecular weight is 373 g/mol. The van der Waals surface area contributed by atoms with Crippen LogP contribution < -0.4 is 5.32 Å². The number of aromatic nitrogens is 2. The Hall–Kier alpha value is -0.430. The summed E-state index contributed by atoms with van der Waals surface area (Å²) in [6, 6.07) is 0. The third-order valence-electron chi connectivity index (χ3n) is 4.14. The van der Waals surface area contributed by atoms with E-state index >= 15 is 0 Å². The van der Waals surface area contributed by atoms with Crippen LogP contribution in [-0.4, -0.2) is 23.6 Å². The Bertz CT molecular complexity index is 478. The van der Waals surface area contributed by atoms with Gasteiger partial charge >= 0.3 is 0 Å². The number of hydrogen-bond donors (Lipinski definition) is 1. The second kappa shape index (κ2) is 5.16. The van der Waals surface area contributed by atoms with Crippen molar-refractivity contribution in [3.63, 3.8) is 0 Å². The number of hydrogen-bond acceptors (Lipinski definition) is 4. The summed E-state index contributed by atoms with van der Waals surface area (Å²) >= 11 is 2.38. The molecule has 4 nitrogen and oxygen atoms in total. The van der Waals surface area contributed by atoms with Gasteiger partial charge in [0.25, 0.3) is 0 Å². The van der Waals surface area contributed by atoms with Crippen molar-refractivity contribution in [3.05, 3.63) is 15.1 Å². The molecule has 3 rings (SSSR count). The first kappa shape index (κ1) is 13.5. The number of anilines is 1. The van der Waals surface area contributed by atoms with Gasteiger partial charge in [-0.05, 0) is 61.6 Å². The number of halogens is 1. The summed E-state index contributed by atoms with van der Waals surface area (Å²) in [7, 11) is 1.78. The summed E-state index contributed by atoms with van der Waals surface area (Å²) in [4.78, 5) is 9.60. The lowest BCUT2D eigenvalue weighted by Crippen LogP contribution is -2.38. The molecule has 0 amide bonds. The van der Waals surface area contributed by atoms with Crippen LogP contribution in [0.4, 0.5) is 5.82 Å². The molecule has 2 fully saturated rings. The minimum atomic E-state index is -0.224. The first-order chi connectivity index (χ1) is 9.20. The molecule has 0 atom stereocenters. The van der Waals surface area contributed by atoms with Gasteiger partial charge in [-0.3, -0.25) is 0 Å². The molecule has 0 bridgehead atoms. The van der Waals surface area contributed by atoms with Crippen LogP contribution in [0.2, 0.25) is 0 Å². The van der Waals surface area contributed by atoms with Crippen LogP contribution in [0.3, 0.4) is 0 Å². The molecule has 19 heavy (non-hydrogen) atoms. The first-order valence-electron chi connectivity index (χ1n) is 7.07. The second-order valence-electron chi connectivity index (χ2n) is 5.45. The van der Waals surface area contributed by atoms with E-state index in [-0.39, 0.29) is 5.60 Å². The molecule has 0 aliphatic heterocycles. The number of nitrogens with zero attached hydrogens (tertiary/aromatic N) is 2. The van der Waals surface area contributed by atoms with Gasteiger partial charge in [-0.1, -0.05) is 0 Å². The van der Waals surface area contributed by atoms with Crippen LogP contribution >= 0.6 is 22.6 Å². The van der Waals surface area contributed by atoms with Crippen molar-refractivity contribution in [2.45, 2.75) is 50.5 Å². The Balaban J connectivity index is 2.04. The minimum Gasteiger partial charge on any atom is -0.370 e. The Morgan fingerprint density at radius 2 is 2.11 bits per heavy atom. The van der Waals surface area contributed by atoms with Crippen molar-refractivity contribution in [3.8, 4) is 0 Å². The molecular formula is C14H20IN3O. The summed E-state index contributed by atoms with van der Waals surface area (Å²) < 4.78 is 6.92. The molecule has 0 radical (unpaired) electrons. The van der Waals surface area contributed by atoms with Crippen LogP contribution in [0.5, 0.6) is 0 Å². The van der Waals surface area contributed by atoms with E-state index in [0.717, 1.165) is 31.0 Å². The van der Waals surface area contributed by atoms with Gasteiger partial charge in [0.05, 0.1) is 9.26 Å². The highest BCUT2D eigenvalue weighted by atomic mass is 127. The van der Waals surface area contributed by atoms with E-state index in [9.17, 15) is 0 Å². The molecule has 2 aliphatic carbocycles. The quantitative estimate of drug-likeness (QED) is 0.804.